The lowest BCUT2D eigenvalue weighted by Crippen LogP contribution is -2.03. The van der Waals surface area contributed by atoms with E-state index in [1.54, 1.807) is 30.0 Å². The van der Waals surface area contributed by atoms with E-state index in [2.05, 4.69) is 21.9 Å². The third-order valence-corrected chi connectivity index (χ3v) is 3.74. The monoisotopic (exact) mass is 329 g/mol. The van der Waals surface area contributed by atoms with E-state index >= 15 is 0 Å². The third kappa shape index (κ3) is 4.81. The molecule has 0 aliphatic rings. The Labute approximate surface area is 131 Å². The van der Waals surface area contributed by atoms with Crippen LogP contribution < -0.4 is 4.74 Å². The summed E-state index contributed by atoms with van der Waals surface area (Å²) in [7, 11) is 0. The minimum atomic E-state index is 0.249. The molecule has 20 heavy (non-hydrogen) atoms. The summed E-state index contributed by atoms with van der Waals surface area (Å²) in [5.41, 5.74) is 0. The minimum absolute atomic E-state index is 0.249. The van der Waals surface area contributed by atoms with Gasteiger partial charge in [0.05, 0.1) is 0 Å². The second kappa shape index (κ2) is 7.67. The van der Waals surface area contributed by atoms with Crippen LogP contribution >= 0.6 is 35.0 Å². The number of ether oxygens (including phenoxy) is 1. The molecule has 0 fully saturated rings. The van der Waals surface area contributed by atoms with Crippen molar-refractivity contribution in [2.45, 2.75) is 25.1 Å². The molecule has 7 heteroatoms. The average Bonchev–Trinajstić information content (AvgIpc) is 2.42. The van der Waals surface area contributed by atoms with E-state index in [4.69, 9.17) is 27.9 Å². The molecule has 2 aromatic rings. The van der Waals surface area contributed by atoms with Crippen molar-refractivity contribution in [3.63, 3.8) is 0 Å². The Hall–Kier alpha value is -1.04. The van der Waals surface area contributed by atoms with E-state index in [-0.39, 0.29) is 6.61 Å². The summed E-state index contributed by atoms with van der Waals surface area (Å²) in [6.07, 6.45) is 2.57. The van der Waals surface area contributed by atoms with Crippen LogP contribution in [0.1, 0.15) is 19.2 Å². The largest absolute Gasteiger partial charge is 0.486 e. The molecule has 4 nitrogen and oxygen atoms in total. The van der Waals surface area contributed by atoms with Crippen LogP contribution in [0.15, 0.2) is 29.7 Å². The number of rotatable bonds is 6. The van der Waals surface area contributed by atoms with Crippen LogP contribution in [-0.4, -0.2) is 20.7 Å². The summed E-state index contributed by atoms with van der Waals surface area (Å²) in [4.78, 5) is 12.5. The maximum Gasteiger partial charge on any atom is 0.190 e. The SMILES string of the molecule is CCCSc1ncnc(COc2cc(Cl)cc(Cl)c2)n1. The summed E-state index contributed by atoms with van der Waals surface area (Å²) in [5, 5.41) is 1.77. The first-order valence-corrected chi connectivity index (χ1v) is 7.81. The van der Waals surface area contributed by atoms with Crippen molar-refractivity contribution in [2.75, 3.05) is 5.75 Å². The minimum Gasteiger partial charge on any atom is -0.486 e. The van der Waals surface area contributed by atoms with Gasteiger partial charge in [-0.25, -0.2) is 15.0 Å². The van der Waals surface area contributed by atoms with E-state index in [9.17, 15) is 0 Å². The van der Waals surface area contributed by atoms with Gasteiger partial charge in [-0.1, -0.05) is 41.9 Å². The number of hydrogen-bond donors (Lipinski definition) is 0. The Morgan fingerprint density at radius 3 is 2.60 bits per heavy atom. The lowest BCUT2D eigenvalue weighted by Gasteiger charge is -2.06. The Morgan fingerprint density at radius 1 is 1.15 bits per heavy atom. The van der Waals surface area contributed by atoms with Crippen LogP contribution in [0.2, 0.25) is 10.0 Å². The summed E-state index contributed by atoms with van der Waals surface area (Å²) in [6.45, 7) is 2.36. The average molecular weight is 330 g/mol. The first kappa shape index (κ1) is 15.4. The van der Waals surface area contributed by atoms with Crippen molar-refractivity contribution >= 4 is 35.0 Å². The van der Waals surface area contributed by atoms with Crippen molar-refractivity contribution < 1.29 is 4.74 Å². The Morgan fingerprint density at radius 2 is 1.90 bits per heavy atom. The van der Waals surface area contributed by atoms with Crippen molar-refractivity contribution in [2.24, 2.45) is 0 Å². The second-order valence-electron chi connectivity index (χ2n) is 3.93. The fourth-order valence-electron chi connectivity index (χ4n) is 1.41. The molecule has 2 rings (SSSR count). The number of benzene rings is 1. The van der Waals surface area contributed by atoms with Crippen molar-refractivity contribution in [3.8, 4) is 5.75 Å². The van der Waals surface area contributed by atoms with Gasteiger partial charge >= 0.3 is 0 Å². The zero-order valence-corrected chi connectivity index (χ0v) is 13.2. The van der Waals surface area contributed by atoms with E-state index in [0.717, 1.165) is 12.2 Å². The topological polar surface area (TPSA) is 47.9 Å². The van der Waals surface area contributed by atoms with Crippen molar-refractivity contribution in [1.82, 2.24) is 15.0 Å². The molecule has 0 unspecified atom stereocenters. The zero-order chi connectivity index (χ0) is 14.4. The number of hydrogen-bond acceptors (Lipinski definition) is 5. The van der Waals surface area contributed by atoms with Gasteiger partial charge in [0.2, 0.25) is 0 Å². The molecule has 0 aliphatic heterocycles. The van der Waals surface area contributed by atoms with Crippen molar-refractivity contribution in [1.29, 1.82) is 0 Å². The van der Waals surface area contributed by atoms with Crippen LogP contribution in [0.4, 0.5) is 0 Å². The van der Waals surface area contributed by atoms with E-state index < -0.39 is 0 Å². The first-order chi connectivity index (χ1) is 9.67. The van der Waals surface area contributed by atoms with Gasteiger partial charge in [-0.05, 0) is 24.6 Å². The number of nitrogens with zero attached hydrogens (tertiary/aromatic N) is 3. The summed E-state index contributed by atoms with van der Waals surface area (Å²) in [5.74, 6) is 2.15. The Balaban J connectivity index is 1.99. The van der Waals surface area contributed by atoms with Gasteiger partial charge in [0.1, 0.15) is 18.7 Å². The van der Waals surface area contributed by atoms with Gasteiger partial charge in [-0.2, -0.15) is 0 Å². The van der Waals surface area contributed by atoms with Gasteiger partial charge in [-0.15, -0.1) is 0 Å². The number of thioether (sulfide) groups is 1. The molecular weight excluding hydrogens is 317 g/mol. The molecule has 0 N–H and O–H groups in total. The molecule has 1 aromatic heterocycles. The van der Waals surface area contributed by atoms with Gasteiger partial charge < -0.3 is 4.74 Å². The highest BCUT2D eigenvalue weighted by atomic mass is 35.5. The van der Waals surface area contributed by atoms with E-state index in [1.165, 1.54) is 6.33 Å². The lowest BCUT2D eigenvalue weighted by molar-refractivity contribution is 0.294. The fourth-order valence-corrected chi connectivity index (χ4v) is 2.59. The molecule has 0 aliphatic carbocycles. The molecular formula is C13H13Cl2N3OS. The standard InChI is InChI=1S/C13H13Cl2N3OS/c1-2-3-20-13-17-8-16-12(18-13)7-19-11-5-9(14)4-10(15)6-11/h4-6,8H,2-3,7H2,1H3. The van der Waals surface area contributed by atoms with E-state index in [1.807, 2.05) is 0 Å². The van der Waals surface area contributed by atoms with Gasteiger partial charge in [-0.3, -0.25) is 0 Å². The van der Waals surface area contributed by atoms with Gasteiger partial charge in [0, 0.05) is 15.8 Å². The molecule has 0 radical (unpaired) electrons. The number of aromatic nitrogens is 3. The first-order valence-electron chi connectivity index (χ1n) is 6.07. The molecule has 0 spiro atoms. The molecule has 0 saturated carbocycles. The van der Waals surface area contributed by atoms with Gasteiger partial charge in [0.25, 0.3) is 0 Å². The second-order valence-corrected chi connectivity index (χ2v) is 5.86. The van der Waals surface area contributed by atoms with Crippen LogP contribution in [0.3, 0.4) is 0 Å². The predicted molar refractivity (Wildman–Crippen MR) is 81.6 cm³/mol. The van der Waals surface area contributed by atoms with Crippen LogP contribution in [0.25, 0.3) is 0 Å². The maximum atomic E-state index is 5.91. The Bertz CT molecular complexity index is 563. The smallest absolute Gasteiger partial charge is 0.190 e. The maximum absolute atomic E-state index is 5.91. The van der Waals surface area contributed by atoms with E-state index in [0.29, 0.717) is 26.8 Å². The highest BCUT2D eigenvalue weighted by Crippen LogP contribution is 2.24. The van der Waals surface area contributed by atoms with Crippen molar-refractivity contribution in [3.05, 3.63) is 40.4 Å². The number of halogens is 2. The molecule has 1 heterocycles. The molecule has 0 amide bonds. The molecule has 0 bridgehead atoms. The Kier molecular flexibility index (Phi) is 5.88. The van der Waals surface area contributed by atoms with Crippen LogP contribution in [0.5, 0.6) is 5.75 Å². The van der Waals surface area contributed by atoms with Gasteiger partial charge in [0.15, 0.2) is 11.0 Å². The summed E-state index contributed by atoms with van der Waals surface area (Å²) >= 11 is 13.4. The predicted octanol–water partition coefficient (Wildman–Crippen LogP) is 4.26. The summed E-state index contributed by atoms with van der Waals surface area (Å²) in [6, 6.07) is 5.04. The zero-order valence-electron chi connectivity index (χ0n) is 10.8. The van der Waals surface area contributed by atoms with Crippen LogP contribution in [-0.2, 0) is 6.61 Å². The van der Waals surface area contributed by atoms with Crippen LogP contribution in [0, 0.1) is 0 Å². The normalized spacial score (nSPS) is 10.6. The quantitative estimate of drug-likeness (QED) is 0.741. The molecule has 0 saturated heterocycles. The molecule has 0 atom stereocenters. The third-order valence-electron chi connectivity index (χ3n) is 2.24. The molecule has 1 aromatic carbocycles. The highest BCUT2D eigenvalue weighted by Gasteiger charge is 2.04. The molecule has 106 valence electrons. The summed E-state index contributed by atoms with van der Waals surface area (Å²) < 4.78 is 5.58. The fraction of sp³-hybridized carbons (Fsp3) is 0.308. The highest BCUT2D eigenvalue weighted by molar-refractivity contribution is 7.99. The lowest BCUT2D eigenvalue weighted by atomic mass is 10.3.